The summed E-state index contributed by atoms with van der Waals surface area (Å²) in [5.74, 6) is -0.427. The van der Waals surface area contributed by atoms with Crippen molar-refractivity contribution >= 4 is 23.3 Å². The number of carbonyl (C=O) groups is 2. The second kappa shape index (κ2) is 8.98. The zero-order valence-electron chi connectivity index (χ0n) is 17.5. The van der Waals surface area contributed by atoms with E-state index < -0.39 is 10.8 Å². The number of hydrogen-bond acceptors (Lipinski definition) is 5. The number of piperazine rings is 1. The van der Waals surface area contributed by atoms with Crippen LogP contribution in [0.3, 0.4) is 0 Å². The number of amides is 2. The number of carbonyl (C=O) groups excluding carboxylic acids is 2. The quantitative estimate of drug-likeness (QED) is 0.458. The molecule has 1 aliphatic rings. The number of nitro groups is 1. The van der Waals surface area contributed by atoms with E-state index in [9.17, 15) is 19.7 Å². The molecule has 0 atom stereocenters. The van der Waals surface area contributed by atoms with Crippen molar-refractivity contribution in [1.82, 2.24) is 14.7 Å². The number of rotatable bonds is 5. The second-order valence-electron chi connectivity index (χ2n) is 7.66. The summed E-state index contributed by atoms with van der Waals surface area (Å²) in [7, 11) is 2.09. The van der Waals surface area contributed by atoms with Gasteiger partial charge in [0.2, 0.25) is 0 Å². The molecule has 2 aromatic carbocycles. The number of hydrogen-bond donors (Lipinski definition) is 2. The van der Waals surface area contributed by atoms with E-state index in [4.69, 9.17) is 0 Å². The summed E-state index contributed by atoms with van der Waals surface area (Å²) >= 11 is 0. The number of aromatic nitrogens is 2. The van der Waals surface area contributed by atoms with Crippen LogP contribution in [0.15, 0.2) is 60.8 Å². The number of quaternary nitrogens is 1. The lowest BCUT2D eigenvalue weighted by Gasteiger charge is -2.30. The molecule has 0 radical (unpaired) electrons. The highest BCUT2D eigenvalue weighted by molar-refractivity contribution is 6.08. The fourth-order valence-corrected chi connectivity index (χ4v) is 3.57. The lowest BCUT2D eigenvalue weighted by Crippen LogP contribution is -3.12. The van der Waals surface area contributed by atoms with Crippen molar-refractivity contribution in [2.24, 2.45) is 0 Å². The van der Waals surface area contributed by atoms with E-state index in [-0.39, 0.29) is 23.0 Å². The van der Waals surface area contributed by atoms with E-state index in [0.717, 1.165) is 13.1 Å². The average Bonchev–Trinajstić information content (AvgIpc) is 3.23. The highest BCUT2D eigenvalue weighted by Gasteiger charge is 2.28. The molecule has 2 N–H and O–H groups in total. The van der Waals surface area contributed by atoms with Crippen LogP contribution in [-0.2, 0) is 0 Å². The van der Waals surface area contributed by atoms with Crippen LogP contribution >= 0.6 is 0 Å². The molecule has 10 nitrogen and oxygen atoms in total. The minimum Gasteiger partial charge on any atom is -0.334 e. The molecule has 1 saturated heterocycles. The third-order valence-electron chi connectivity index (χ3n) is 5.48. The molecule has 2 amide bonds. The van der Waals surface area contributed by atoms with Gasteiger partial charge in [-0.15, -0.1) is 0 Å². The number of anilines is 1. The number of likely N-dealkylation sites (N-methyl/N-ethyl adjacent to an activating group) is 1. The van der Waals surface area contributed by atoms with E-state index in [1.165, 1.54) is 40.0 Å². The minimum atomic E-state index is -0.527. The van der Waals surface area contributed by atoms with Crippen molar-refractivity contribution in [3.05, 3.63) is 82.0 Å². The molecule has 1 aromatic heterocycles. The Hall–Kier alpha value is -4.05. The van der Waals surface area contributed by atoms with Crippen LogP contribution in [0.1, 0.15) is 20.7 Å². The highest BCUT2D eigenvalue weighted by atomic mass is 16.6. The zero-order valence-corrected chi connectivity index (χ0v) is 17.5. The first-order valence-corrected chi connectivity index (χ1v) is 10.2. The molecular weight excluding hydrogens is 412 g/mol. The Kier molecular flexibility index (Phi) is 5.95. The van der Waals surface area contributed by atoms with Crippen molar-refractivity contribution in [2.45, 2.75) is 0 Å². The molecular formula is C22H23N6O4+. The lowest BCUT2D eigenvalue weighted by atomic mass is 10.2. The van der Waals surface area contributed by atoms with E-state index >= 15 is 0 Å². The topological polar surface area (TPSA) is 115 Å². The number of benzene rings is 2. The first-order chi connectivity index (χ1) is 15.4. The number of non-ortho nitro benzene ring substituents is 1. The fourth-order valence-electron chi connectivity index (χ4n) is 3.57. The van der Waals surface area contributed by atoms with Crippen LogP contribution in [0.4, 0.5) is 11.5 Å². The summed E-state index contributed by atoms with van der Waals surface area (Å²) in [6, 6.07) is 14.5. The lowest BCUT2D eigenvalue weighted by molar-refractivity contribution is -0.883. The predicted octanol–water partition coefficient (Wildman–Crippen LogP) is 1.00. The first kappa shape index (κ1) is 21.2. The molecule has 3 aromatic rings. The molecule has 10 heteroatoms. The van der Waals surface area contributed by atoms with Crippen LogP contribution in [0.5, 0.6) is 0 Å². The largest absolute Gasteiger partial charge is 0.334 e. The molecule has 0 aliphatic carbocycles. The molecule has 0 bridgehead atoms. The van der Waals surface area contributed by atoms with Crippen molar-refractivity contribution < 1.29 is 19.4 Å². The van der Waals surface area contributed by atoms with Gasteiger partial charge in [0.15, 0.2) is 0 Å². The third-order valence-corrected chi connectivity index (χ3v) is 5.48. The van der Waals surface area contributed by atoms with Crippen molar-refractivity contribution in [3.63, 3.8) is 0 Å². The summed E-state index contributed by atoms with van der Waals surface area (Å²) in [5.41, 5.74) is 1.11. The second-order valence-corrected chi connectivity index (χ2v) is 7.66. The summed E-state index contributed by atoms with van der Waals surface area (Å²) in [6.45, 7) is 2.94. The molecule has 1 aliphatic heterocycles. The standard InChI is InChI=1S/C22H22N6O4/c1-25-11-13-26(14-12-25)22(30)19-15-23-27(17-5-3-2-4-6-17)20(19)24-21(29)16-7-9-18(10-8-16)28(31)32/h2-10,15H,11-14H2,1H3,(H,24,29)/p+1. The average molecular weight is 435 g/mol. The zero-order chi connectivity index (χ0) is 22.7. The van der Waals surface area contributed by atoms with Gasteiger partial charge in [-0.25, -0.2) is 4.68 Å². The first-order valence-electron chi connectivity index (χ1n) is 10.2. The Morgan fingerprint density at radius 1 is 1.06 bits per heavy atom. The number of para-hydroxylation sites is 1. The molecule has 0 saturated carbocycles. The summed E-state index contributed by atoms with van der Waals surface area (Å²) < 4.78 is 1.51. The van der Waals surface area contributed by atoms with Gasteiger partial charge in [-0.2, -0.15) is 5.10 Å². The number of nitrogens with one attached hydrogen (secondary N) is 2. The van der Waals surface area contributed by atoms with Gasteiger partial charge in [0.25, 0.3) is 17.5 Å². The molecule has 2 heterocycles. The maximum Gasteiger partial charge on any atom is 0.269 e. The summed E-state index contributed by atoms with van der Waals surface area (Å²) in [4.78, 5) is 39.6. The van der Waals surface area contributed by atoms with Crippen LogP contribution in [-0.4, -0.2) is 64.6 Å². The van der Waals surface area contributed by atoms with Crippen LogP contribution in [0.2, 0.25) is 0 Å². The SMILES string of the molecule is C[NH+]1CCN(C(=O)c2cnn(-c3ccccc3)c2NC(=O)c2ccc([N+](=O)[O-])cc2)CC1. The Morgan fingerprint density at radius 3 is 2.34 bits per heavy atom. The van der Waals surface area contributed by atoms with E-state index in [1.807, 2.05) is 30.3 Å². The molecule has 0 spiro atoms. The van der Waals surface area contributed by atoms with Crippen LogP contribution < -0.4 is 10.2 Å². The van der Waals surface area contributed by atoms with Gasteiger partial charge in [-0.05, 0) is 24.3 Å². The van der Waals surface area contributed by atoms with E-state index in [1.54, 1.807) is 4.90 Å². The normalized spacial score (nSPS) is 14.2. The van der Waals surface area contributed by atoms with Gasteiger partial charge in [0, 0.05) is 17.7 Å². The van der Waals surface area contributed by atoms with Crippen LogP contribution in [0, 0.1) is 10.1 Å². The fraction of sp³-hybridized carbons (Fsp3) is 0.227. The molecule has 164 valence electrons. The Balaban J connectivity index is 1.66. The van der Waals surface area contributed by atoms with Gasteiger partial charge in [-0.3, -0.25) is 19.7 Å². The van der Waals surface area contributed by atoms with Gasteiger partial charge < -0.3 is 15.1 Å². The molecule has 32 heavy (non-hydrogen) atoms. The monoisotopic (exact) mass is 435 g/mol. The Morgan fingerprint density at radius 2 is 1.72 bits per heavy atom. The minimum absolute atomic E-state index is 0.107. The third kappa shape index (κ3) is 4.35. The Labute approximate surface area is 184 Å². The van der Waals surface area contributed by atoms with Crippen molar-refractivity contribution in [3.8, 4) is 5.69 Å². The predicted molar refractivity (Wildman–Crippen MR) is 117 cm³/mol. The highest BCUT2D eigenvalue weighted by Crippen LogP contribution is 2.23. The summed E-state index contributed by atoms with van der Waals surface area (Å²) in [5, 5.41) is 18.0. The summed E-state index contributed by atoms with van der Waals surface area (Å²) in [6.07, 6.45) is 1.46. The number of nitro benzene ring substituents is 1. The molecule has 4 rings (SSSR count). The smallest absolute Gasteiger partial charge is 0.269 e. The Bertz CT molecular complexity index is 1130. The van der Waals surface area contributed by atoms with Gasteiger partial charge >= 0.3 is 0 Å². The van der Waals surface area contributed by atoms with Gasteiger partial charge in [0.1, 0.15) is 11.4 Å². The van der Waals surface area contributed by atoms with Crippen molar-refractivity contribution in [2.75, 3.05) is 38.5 Å². The maximum atomic E-state index is 13.2. The molecule has 0 unspecified atom stereocenters. The van der Waals surface area contributed by atoms with Gasteiger partial charge in [-0.1, -0.05) is 18.2 Å². The van der Waals surface area contributed by atoms with Crippen molar-refractivity contribution in [1.29, 1.82) is 0 Å². The van der Waals surface area contributed by atoms with Gasteiger partial charge in [0.05, 0.1) is 50.0 Å². The van der Waals surface area contributed by atoms with E-state index in [2.05, 4.69) is 17.5 Å². The number of nitrogens with zero attached hydrogens (tertiary/aromatic N) is 4. The maximum absolute atomic E-state index is 13.2. The van der Waals surface area contributed by atoms with Crippen LogP contribution in [0.25, 0.3) is 5.69 Å². The van der Waals surface area contributed by atoms with E-state index in [0.29, 0.717) is 24.3 Å². The molecule has 1 fully saturated rings.